The summed E-state index contributed by atoms with van der Waals surface area (Å²) < 4.78 is 26.0. The third kappa shape index (κ3) is 2.39. The van der Waals surface area contributed by atoms with Crippen LogP contribution in [0, 0.1) is 6.92 Å². The van der Waals surface area contributed by atoms with Crippen LogP contribution >= 0.6 is 0 Å². The first-order valence-electron chi connectivity index (χ1n) is 5.68. The lowest BCUT2D eigenvalue weighted by atomic mass is 10.3. The Morgan fingerprint density at radius 3 is 2.89 bits per heavy atom. The van der Waals surface area contributed by atoms with Crippen molar-refractivity contribution in [1.82, 2.24) is 19.8 Å². The number of hydrogen-bond acceptors (Lipinski definition) is 4. The van der Waals surface area contributed by atoms with Gasteiger partial charge in [-0.15, -0.1) is 0 Å². The first-order chi connectivity index (χ1) is 8.41. The normalized spacial score (nSPS) is 21.1. The number of rotatable bonds is 3. The van der Waals surface area contributed by atoms with Crippen molar-refractivity contribution in [2.24, 2.45) is 0 Å². The molecule has 1 aliphatic heterocycles. The van der Waals surface area contributed by atoms with Gasteiger partial charge in [0.2, 0.25) is 15.9 Å². The van der Waals surface area contributed by atoms with Crippen LogP contribution in [0.3, 0.4) is 0 Å². The summed E-state index contributed by atoms with van der Waals surface area (Å²) in [6.45, 7) is 3.82. The molecule has 0 spiro atoms. The van der Waals surface area contributed by atoms with E-state index >= 15 is 0 Å². The van der Waals surface area contributed by atoms with E-state index in [0.717, 1.165) is 0 Å². The van der Waals surface area contributed by atoms with Crippen LogP contribution in [0.15, 0.2) is 11.1 Å². The van der Waals surface area contributed by atoms with Gasteiger partial charge in [-0.05, 0) is 13.3 Å². The van der Waals surface area contributed by atoms with Crippen LogP contribution in [0.25, 0.3) is 0 Å². The number of H-pyrrole nitrogens is 1. The van der Waals surface area contributed by atoms with Crippen molar-refractivity contribution in [3.05, 3.63) is 11.9 Å². The van der Waals surface area contributed by atoms with Crippen LogP contribution < -0.4 is 5.32 Å². The maximum atomic E-state index is 12.3. The SMILES string of the molecule is CC(=O)NC1CCN(S(=O)(=O)c2cn[nH]c2C)C1. The molecule has 1 fully saturated rings. The average molecular weight is 272 g/mol. The van der Waals surface area contributed by atoms with Crippen molar-refractivity contribution in [2.75, 3.05) is 13.1 Å². The fraction of sp³-hybridized carbons (Fsp3) is 0.600. The van der Waals surface area contributed by atoms with Gasteiger partial charge in [-0.2, -0.15) is 9.40 Å². The largest absolute Gasteiger partial charge is 0.352 e. The molecule has 2 heterocycles. The Morgan fingerprint density at radius 2 is 2.33 bits per heavy atom. The van der Waals surface area contributed by atoms with Gasteiger partial charge >= 0.3 is 0 Å². The molecule has 8 heteroatoms. The van der Waals surface area contributed by atoms with Crippen LogP contribution in [-0.2, 0) is 14.8 Å². The third-order valence-corrected chi connectivity index (χ3v) is 4.94. The molecule has 18 heavy (non-hydrogen) atoms. The second-order valence-corrected chi connectivity index (χ2v) is 6.31. The van der Waals surface area contributed by atoms with Gasteiger partial charge in [0.05, 0.1) is 11.9 Å². The Morgan fingerprint density at radius 1 is 1.61 bits per heavy atom. The topological polar surface area (TPSA) is 95.2 Å². The minimum Gasteiger partial charge on any atom is -0.352 e. The van der Waals surface area contributed by atoms with Gasteiger partial charge in [0, 0.05) is 26.1 Å². The minimum atomic E-state index is -3.51. The van der Waals surface area contributed by atoms with E-state index in [4.69, 9.17) is 0 Å². The summed E-state index contributed by atoms with van der Waals surface area (Å²) in [6, 6.07) is -0.107. The van der Waals surface area contributed by atoms with Gasteiger partial charge in [-0.1, -0.05) is 0 Å². The highest BCUT2D eigenvalue weighted by Crippen LogP contribution is 2.22. The fourth-order valence-corrected chi connectivity index (χ4v) is 3.71. The van der Waals surface area contributed by atoms with Gasteiger partial charge in [-0.25, -0.2) is 8.42 Å². The fourth-order valence-electron chi connectivity index (χ4n) is 2.09. The van der Waals surface area contributed by atoms with E-state index < -0.39 is 10.0 Å². The molecule has 7 nitrogen and oxygen atoms in total. The molecule has 0 aliphatic carbocycles. The zero-order valence-corrected chi connectivity index (χ0v) is 11.1. The van der Waals surface area contributed by atoms with E-state index in [1.54, 1.807) is 6.92 Å². The summed E-state index contributed by atoms with van der Waals surface area (Å²) in [7, 11) is -3.51. The number of nitrogens with zero attached hydrogens (tertiary/aromatic N) is 2. The van der Waals surface area contributed by atoms with Crippen molar-refractivity contribution < 1.29 is 13.2 Å². The van der Waals surface area contributed by atoms with E-state index in [-0.39, 0.29) is 16.8 Å². The molecule has 2 rings (SSSR count). The smallest absolute Gasteiger partial charge is 0.246 e. The molecule has 1 unspecified atom stereocenters. The molecule has 1 atom stereocenters. The molecule has 1 aromatic heterocycles. The highest BCUT2D eigenvalue weighted by Gasteiger charge is 2.34. The Bertz CT molecular complexity index is 551. The molecule has 100 valence electrons. The number of amides is 1. The molecule has 0 radical (unpaired) electrons. The molecule has 1 aliphatic rings. The maximum absolute atomic E-state index is 12.3. The molecule has 0 bridgehead atoms. The number of sulfonamides is 1. The summed E-state index contributed by atoms with van der Waals surface area (Å²) >= 11 is 0. The van der Waals surface area contributed by atoms with Crippen LogP contribution in [0.5, 0.6) is 0 Å². The molecule has 1 aromatic rings. The Labute approximate surface area is 106 Å². The van der Waals surface area contributed by atoms with Crippen molar-refractivity contribution in [1.29, 1.82) is 0 Å². The van der Waals surface area contributed by atoms with Crippen molar-refractivity contribution in [3.63, 3.8) is 0 Å². The van der Waals surface area contributed by atoms with E-state index in [1.807, 2.05) is 0 Å². The van der Waals surface area contributed by atoms with Crippen LogP contribution in [0.4, 0.5) is 0 Å². The highest BCUT2D eigenvalue weighted by molar-refractivity contribution is 7.89. The summed E-state index contributed by atoms with van der Waals surface area (Å²) in [6.07, 6.45) is 1.95. The Hall–Kier alpha value is -1.41. The summed E-state index contributed by atoms with van der Waals surface area (Å²) in [5.41, 5.74) is 0.526. The first kappa shape index (κ1) is 13.0. The van der Waals surface area contributed by atoms with Gasteiger partial charge in [0.25, 0.3) is 0 Å². The predicted octanol–water partition coefficient (Wildman–Crippen LogP) is -0.383. The molecular weight excluding hydrogens is 256 g/mol. The average Bonchev–Trinajstić information content (AvgIpc) is 2.86. The zero-order valence-electron chi connectivity index (χ0n) is 10.3. The lowest BCUT2D eigenvalue weighted by Crippen LogP contribution is -2.37. The number of aryl methyl sites for hydroxylation is 1. The predicted molar refractivity (Wildman–Crippen MR) is 64.3 cm³/mol. The molecule has 0 aromatic carbocycles. The number of carbonyl (C=O) groups excluding carboxylic acids is 1. The number of aromatic amines is 1. The third-order valence-electron chi connectivity index (χ3n) is 2.96. The Balaban J connectivity index is 2.14. The number of nitrogens with one attached hydrogen (secondary N) is 2. The van der Waals surface area contributed by atoms with E-state index in [9.17, 15) is 13.2 Å². The summed E-state index contributed by atoms with van der Waals surface area (Å²) in [4.78, 5) is 11.1. The Kier molecular flexibility index (Phi) is 3.40. The number of aromatic nitrogens is 2. The summed E-state index contributed by atoms with van der Waals surface area (Å²) in [5, 5.41) is 9.08. The molecule has 2 N–H and O–H groups in total. The van der Waals surface area contributed by atoms with Gasteiger partial charge in [-0.3, -0.25) is 9.89 Å². The van der Waals surface area contributed by atoms with Crippen LogP contribution in [0.2, 0.25) is 0 Å². The molecule has 1 amide bonds. The van der Waals surface area contributed by atoms with Crippen molar-refractivity contribution in [3.8, 4) is 0 Å². The molecule has 1 saturated heterocycles. The van der Waals surface area contributed by atoms with Gasteiger partial charge in [0.1, 0.15) is 4.90 Å². The molecule has 0 saturated carbocycles. The zero-order chi connectivity index (χ0) is 13.3. The number of carbonyl (C=O) groups is 1. The number of hydrogen-bond donors (Lipinski definition) is 2. The minimum absolute atomic E-state index is 0.107. The van der Waals surface area contributed by atoms with Crippen LogP contribution in [-0.4, -0.2) is 48.0 Å². The van der Waals surface area contributed by atoms with E-state index in [1.165, 1.54) is 17.4 Å². The second-order valence-electron chi connectivity index (χ2n) is 4.41. The van der Waals surface area contributed by atoms with Gasteiger partial charge in [0.15, 0.2) is 0 Å². The van der Waals surface area contributed by atoms with E-state index in [0.29, 0.717) is 25.2 Å². The van der Waals surface area contributed by atoms with Gasteiger partial charge < -0.3 is 5.32 Å². The lowest BCUT2D eigenvalue weighted by molar-refractivity contribution is -0.119. The standard InChI is InChI=1S/C10H16N4O3S/c1-7-10(5-11-13-7)18(16,17)14-4-3-9(6-14)12-8(2)15/h5,9H,3-4,6H2,1-2H3,(H,11,13)(H,12,15). The quantitative estimate of drug-likeness (QED) is 0.784. The van der Waals surface area contributed by atoms with Crippen LogP contribution in [0.1, 0.15) is 19.0 Å². The van der Waals surface area contributed by atoms with E-state index in [2.05, 4.69) is 15.5 Å². The molecular formula is C10H16N4O3S. The first-order valence-corrected chi connectivity index (χ1v) is 7.12. The lowest BCUT2D eigenvalue weighted by Gasteiger charge is -2.16. The summed E-state index contributed by atoms with van der Waals surface area (Å²) in [5.74, 6) is -0.140. The van der Waals surface area contributed by atoms with Crippen molar-refractivity contribution >= 4 is 15.9 Å². The maximum Gasteiger partial charge on any atom is 0.246 e. The van der Waals surface area contributed by atoms with Crippen molar-refractivity contribution in [2.45, 2.75) is 31.2 Å². The monoisotopic (exact) mass is 272 g/mol. The second kappa shape index (κ2) is 4.69. The highest BCUT2D eigenvalue weighted by atomic mass is 32.2.